The summed E-state index contributed by atoms with van der Waals surface area (Å²) in [7, 11) is 0. The maximum atomic E-state index is 14.4. The summed E-state index contributed by atoms with van der Waals surface area (Å²) < 4.78 is 16.4. The average molecular weight is 487 g/mol. The topological polar surface area (TPSA) is 43.6 Å². The van der Waals surface area contributed by atoms with Crippen molar-refractivity contribution in [2.75, 3.05) is 0 Å². The summed E-state index contributed by atoms with van der Waals surface area (Å²) >= 11 is 7.36. The van der Waals surface area contributed by atoms with Gasteiger partial charge < -0.3 is 0 Å². The second kappa shape index (κ2) is 9.79. The van der Waals surface area contributed by atoms with E-state index in [2.05, 4.69) is 16.8 Å². The lowest BCUT2D eigenvalue weighted by molar-refractivity contribution is 0.617. The first kappa shape index (κ1) is 22.3. The van der Waals surface area contributed by atoms with Gasteiger partial charge in [0.15, 0.2) is 11.0 Å². The summed E-state index contributed by atoms with van der Waals surface area (Å²) in [5, 5.41) is 10.8. The molecular formula is C27H20ClFN4S. The van der Waals surface area contributed by atoms with Gasteiger partial charge in [0.1, 0.15) is 5.82 Å². The SMILES string of the molecule is C=CCn1c(SCc2cccc(Cl)c2F)nnc1-c1cc(-c2ccccc2)nc2ccccc12. The molecule has 4 nitrogen and oxygen atoms in total. The number of pyridine rings is 1. The molecule has 5 aromatic rings. The van der Waals surface area contributed by atoms with Crippen molar-refractivity contribution in [3.8, 4) is 22.6 Å². The van der Waals surface area contributed by atoms with E-state index in [1.165, 1.54) is 11.8 Å². The molecule has 34 heavy (non-hydrogen) atoms. The van der Waals surface area contributed by atoms with Crippen LogP contribution in [0.3, 0.4) is 0 Å². The van der Waals surface area contributed by atoms with Crippen LogP contribution in [0.25, 0.3) is 33.5 Å². The van der Waals surface area contributed by atoms with Crippen LogP contribution < -0.4 is 0 Å². The van der Waals surface area contributed by atoms with Gasteiger partial charge in [0.25, 0.3) is 0 Å². The van der Waals surface area contributed by atoms with Gasteiger partial charge in [-0.1, -0.05) is 90.1 Å². The molecule has 0 unspecified atom stereocenters. The van der Waals surface area contributed by atoms with E-state index in [-0.39, 0.29) is 5.02 Å². The quantitative estimate of drug-likeness (QED) is 0.177. The van der Waals surface area contributed by atoms with Gasteiger partial charge in [0.2, 0.25) is 0 Å². The molecule has 0 N–H and O–H groups in total. The molecule has 2 heterocycles. The third-order valence-electron chi connectivity index (χ3n) is 5.44. The molecule has 0 bridgehead atoms. The van der Waals surface area contributed by atoms with Crippen molar-refractivity contribution in [3.05, 3.63) is 108 Å². The van der Waals surface area contributed by atoms with Gasteiger partial charge >= 0.3 is 0 Å². The van der Waals surface area contributed by atoms with Crippen molar-refractivity contribution >= 4 is 34.3 Å². The lowest BCUT2D eigenvalue weighted by Crippen LogP contribution is -2.02. The van der Waals surface area contributed by atoms with Crippen LogP contribution in [0.15, 0.2) is 96.7 Å². The van der Waals surface area contributed by atoms with Crippen molar-refractivity contribution in [2.45, 2.75) is 17.5 Å². The van der Waals surface area contributed by atoms with E-state index in [0.29, 0.717) is 28.8 Å². The Morgan fingerprint density at radius 3 is 2.59 bits per heavy atom. The van der Waals surface area contributed by atoms with E-state index >= 15 is 0 Å². The molecule has 0 aliphatic rings. The number of aromatic nitrogens is 4. The van der Waals surface area contributed by atoms with Crippen LogP contribution in [0.2, 0.25) is 5.02 Å². The molecule has 0 radical (unpaired) electrons. The first-order chi connectivity index (χ1) is 16.7. The monoisotopic (exact) mass is 486 g/mol. The Balaban J connectivity index is 1.60. The van der Waals surface area contributed by atoms with Crippen LogP contribution in [0.4, 0.5) is 4.39 Å². The zero-order valence-corrected chi connectivity index (χ0v) is 19.7. The maximum Gasteiger partial charge on any atom is 0.192 e. The number of halogens is 2. The first-order valence-corrected chi connectivity index (χ1v) is 12.1. The smallest absolute Gasteiger partial charge is 0.192 e. The van der Waals surface area contributed by atoms with E-state index in [1.807, 2.05) is 65.2 Å². The standard InChI is InChI=1S/C27H20ClFN4S/c1-2-15-33-26(31-32-27(33)34-17-19-11-8-13-22(28)25(19)29)21-16-24(18-9-4-3-5-10-18)30-23-14-7-6-12-20(21)23/h2-14,16H,1,15,17H2. The Kier molecular flexibility index (Phi) is 6.43. The number of rotatable bonds is 7. The van der Waals surface area contributed by atoms with Crippen LogP contribution in [0.1, 0.15) is 5.56 Å². The Morgan fingerprint density at radius 2 is 1.76 bits per heavy atom. The predicted octanol–water partition coefficient (Wildman–Crippen LogP) is 7.43. The van der Waals surface area contributed by atoms with Crippen molar-refractivity contribution < 1.29 is 4.39 Å². The minimum Gasteiger partial charge on any atom is -0.298 e. The highest BCUT2D eigenvalue weighted by Crippen LogP contribution is 2.34. The average Bonchev–Trinajstić information content (AvgIpc) is 3.27. The van der Waals surface area contributed by atoms with Crippen molar-refractivity contribution in [1.29, 1.82) is 0 Å². The summed E-state index contributed by atoms with van der Waals surface area (Å²) in [4.78, 5) is 4.87. The zero-order valence-electron chi connectivity index (χ0n) is 18.2. The summed E-state index contributed by atoms with van der Waals surface area (Å²) in [6.45, 7) is 4.42. The van der Waals surface area contributed by atoms with Gasteiger partial charge in [-0.25, -0.2) is 9.37 Å². The fourth-order valence-electron chi connectivity index (χ4n) is 3.81. The predicted molar refractivity (Wildman–Crippen MR) is 137 cm³/mol. The second-order valence-corrected chi connectivity index (χ2v) is 9.00. The Morgan fingerprint density at radius 1 is 0.971 bits per heavy atom. The lowest BCUT2D eigenvalue weighted by atomic mass is 10.0. The summed E-state index contributed by atoms with van der Waals surface area (Å²) in [5.74, 6) is 0.692. The molecule has 0 aliphatic carbocycles. The van der Waals surface area contributed by atoms with Crippen LogP contribution in [0.5, 0.6) is 0 Å². The first-order valence-electron chi connectivity index (χ1n) is 10.7. The molecule has 0 saturated heterocycles. The van der Waals surface area contributed by atoms with Crippen molar-refractivity contribution in [1.82, 2.24) is 19.7 Å². The Hall–Kier alpha value is -3.48. The van der Waals surface area contributed by atoms with Gasteiger partial charge in [-0.15, -0.1) is 16.8 Å². The highest BCUT2D eigenvalue weighted by molar-refractivity contribution is 7.98. The van der Waals surface area contributed by atoms with E-state index < -0.39 is 5.82 Å². The highest BCUT2D eigenvalue weighted by atomic mass is 35.5. The molecule has 0 aliphatic heterocycles. The molecule has 5 rings (SSSR count). The minimum absolute atomic E-state index is 0.114. The van der Waals surface area contributed by atoms with E-state index in [9.17, 15) is 4.39 Å². The van der Waals surface area contributed by atoms with Crippen LogP contribution in [-0.4, -0.2) is 19.7 Å². The number of hydrogen-bond donors (Lipinski definition) is 0. The van der Waals surface area contributed by atoms with E-state index in [4.69, 9.17) is 16.6 Å². The molecule has 3 aromatic carbocycles. The molecule has 2 aromatic heterocycles. The van der Waals surface area contributed by atoms with Crippen LogP contribution in [-0.2, 0) is 12.3 Å². The normalized spacial score (nSPS) is 11.1. The number of benzene rings is 3. The fraction of sp³-hybridized carbons (Fsp3) is 0.0741. The third-order valence-corrected chi connectivity index (χ3v) is 6.75. The van der Waals surface area contributed by atoms with Crippen LogP contribution >= 0.6 is 23.4 Å². The second-order valence-electron chi connectivity index (χ2n) is 7.65. The molecule has 0 fully saturated rings. The molecular weight excluding hydrogens is 467 g/mol. The molecule has 0 saturated carbocycles. The van der Waals surface area contributed by atoms with Gasteiger partial charge in [-0.2, -0.15) is 0 Å². The van der Waals surface area contributed by atoms with E-state index in [1.54, 1.807) is 24.3 Å². The lowest BCUT2D eigenvalue weighted by Gasteiger charge is -2.12. The van der Waals surface area contributed by atoms with Gasteiger partial charge in [-0.05, 0) is 23.8 Å². The van der Waals surface area contributed by atoms with Gasteiger partial charge in [0.05, 0.1) is 16.2 Å². The Labute approximate surface area is 206 Å². The van der Waals surface area contributed by atoms with Crippen LogP contribution in [0, 0.1) is 5.82 Å². The van der Waals surface area contributed by atoms with Gasteiger partial charge in [-0.3, -0.25) is 4.57 Å². The number of thioether (sulfide) groups is 1. The highest BCUT2D eigenvalue weighted by Gasteiger charge is 2.18. The molecule has 7 heteroatoms. The van der Waals surface area contributed by atoms with Crippen molar-refractivity contribution in [3.63, 3.8) is 0 Å². The summed E-state index contributed by atoms with van der Waals surface area (Å²) in [6.07, 6.45) is 1.80. The summed E-state index contributed by atoms with van der Waals surface area (Å²) in [6, 6.07) is 25.1. The molecule has 0 atom stereocenters. The number of allylic oxidation sites excluding steroid dienone is 1. The number of fused-ring (bicyclic) bond motifs is 1. The fourth-order valence-corrected chi connectivity index (χ4v) is 4.92. The number of para-hydroxylation sites is 1. The molecule has 168 valence electrons. The number of hydrogen-bond acceptors (Lipinski definition) is 4. The van der Waals surface area contributed by atoms with Crippen molar-refractivity contribution in [2.24, 2.45) is 0 Å². The maximum absolute atomic E-state index is 14.4. The minimum atomic E-state index is -0.403. The molecule has 0 spiro atoms. The largest absolute Gasteiger partial charge is 0.298 e. The van der Waals surface area contributed by atoms with E-state index in [0.717, 1.165) is 27.7 Å². The van der Waals surface area contributed by atoms with Gasteiger partial charge in [0, 0.05) is 28.8 Å². The third kappa shape index (κ3) is 4.34. The Bertz CT molecular complexity index is 1480. The zero-order chi connectivity index (χ0) is 23.5. The molecule has 0 amide bonds. The summed E-state index contributed by atoms with van der Waals surface area (Å²) in [5.41, 5.74) is 4.21. The number of nitrogens with zero attached hydrogens (tertiary/aromatic N) is 4.